The molecule has 2 N–H and O–H groups in total. The van der Waals surface area contributed by atoms with E-state index in [9.17, 15) is 9.90 Å². The van der Waals surface area contributed by atoms with Gasteiger partial charge < -0.3 is 10.2 Å². The Hall–Kier alpha value is -2.07. The molecule has 0 aliphatic rings. The van der Waals surface area contributed by atoms with Crippen molar-refractivity contribution in [2.24, 2.45) is 0 Å². The average molecular weight is 260 g/mol. The van der Waals surface area contributed by atoms with Crippen LogP contribution in [0.5, 0.6) is 11.5 Å². The maximum Gasteiger partial charge on any atom is 0.189 e. The van der Waals surface area contributed by atoms with Crippen molar-refractivity contribution in [3.05, 3.63) is 58.3 Å². The highest BCUT2D eigenvalue weighted by Gasteiger charge is 2.08. The third-order valence-electron chi connectivity index (χ3n) is 2.42. The molecule has 1 aromatic carbocycles. The fourth-order valence-corrected chi connectivity index (χ4v) is 2.21. The third kappa shape index (κ3) is 2.99. The molecule has 18 heavy (non-hydrogen) atoms. The molecule has 1 heterocycles. The van der Waals surface area contributed by atoms with E-state index in [0.717, 1.165) is 6.07 Å². The molecule has 0 aliphatic heterocycles. The minimum absolute atomic E-state index is 0.0633. The molecule has 92 valence electrons. The highest BCUT2D eigenvalue weighted by molar-refractivity contribution is 7.09. The highest BCUT2D eigenvalue weighted by atomic mass is 32.1. The van der Waals surface area contributed by atoms with E-state index in [1.54, 1.807) is 17.4 Å². The van der Waals surface area contributed by atoms with E-state index < -0.39 is 0 Å². The van der Waals surface area contributed by atoms with Crippen LogP contribution in [-0.2, 0) is 6.42 Å². The van der Waals surface area contributed by atoms with Crippen LogP contribution in [0.1, 0.15) is 15.2 Å². The molecule has 0 unspecified atom stereocenters. The van der Waals surface area contributed by atoms with Gasteiger partial charge in [0.15, 0.2) is 5.78 Å². The predicted octanol–water partition coefficient (Wildman–Crippen LogP) is 3.14. The van der Waals surface area contributed by atoms with Crippen LogP contribution in [0.2, 0.25) is 0 Å². The van der Waals surface area contributed by atoms with Crippen LogP contribution in [-0.4, -0.2) is 16.0 Å². The normalized spacial score (nSPS) is 10.9. The van der Waals surface area contributed by atoms with E-state index in [-0.39, 0.29) is 22.8 Å². The molecule has 0 saturated carbocycles. The summed E-state index contributed by atoms with van der Waals surface area (Å²) in [5.41, 5.74) is 0.190. The first-order chi connectivity index (χ1) is 8.66. The van der Waals surface area contributed by atoms with E-state index in [2.05, 4.69) is 0 Å². The molecule has 3 nitrogen and oxygen atoms in total. The zero-order valence-corrected chi connectivity index (χ0v) is 10.4. The standard InChI is InChI=1S/C14H12O3S/c15-10-6-7-12(14(17)9-10)13(16)5-1-3-11-4-2-8-18-11/h1-2,4-9,15,17H,3H2/b5-1+. The van der Waals surface area contributed by atoms with Gasteiger partial charge in [-0.05, 0) is 29.7 Å². The number of allylic oxidation sites excluding steroid dienone is 2. The second-order valence-electron chi connectivity index (χ2n) is 3.75. The number of hydrogen-bond donors (Lipinski definition) is 2. The Balaban J connectivity index is 2.05. The van der Waals surface area contributed by atoms with Crippen molar-refractivity contribution < 1.29 is 15.0 Å². The van der Waals surface area contributed by atoms with Gasteiger partial charge in [0.25, 0.3) is 0 Å². The summed E-state index contributed by atoms with van der Waals surface area (Å²) in [6.45, 7) is 0. The van der Waals surface area contributed by atoms with Crippen LogP contribution in [0.4, 0.5) is 0 Å². The van der Waals surface area contributed by atoms with Crippen molar-refractivity contribution in [2.75, 3.05) is 0 Å². The third-order valence-corrected chi connectivity index (χ3v) is 3.31. The zero-order chi connectivity index (χ0) is 13.0. The van der Waals surface area contributed by atoms with Crippen molar-refractivity contribution >= 4 is 17.1 Å². The first-order valence-corrected chi connectivity index (χ1v) is 6.30. The Morgan fingerprint density at radius 2 is 2.11 bits per heavy atom. The Bertz CT molecular complexity index is 571. The van der Waals surface area contributed by atoms with E-state index in [4.69, 9.17) is 5.11 Å². The predicted molar refractivity (Wildman–Crippen MR) is 71.3 cm³/mol. The second kappa shape index (κ2) is 5.51. The summed E-state index contributed by atoms with van der Waals surface area (Å²) in [6, 6.07) is 7.89. The molecule has 0 spiro atoms. The molecule has 4 heteroatoms. The van der Waals surface area contributed by atoms with E-state index in [1.165, 1.54) is 23.1 Å². The van der Waals surface area contributed by atoms with E-state index in [1.807, 2.05) is 17.5 Å². The van der Waals surface area contributed by atoms with Crippen LogP contribution in [0.3, 0.4) is 0 Å². The van der Waals surface area contributed by atoms with Crippen molar-refractivity contribution in [1.29, 1.82) is 0 Å². The molecule has 0 fully saturated rings. The summed E-state index contributed by atoms with van der Waals surface area (Å²) >= 11 is 1.63. The Morgan fingerprint density at radius 3 is 2.78 bits per heavy atom. The summed E-state index contributed by atoms with van der Waals surface area (Å²) in [5.74, 6) is -0.545. The van der Waals surface area contributed by atoms with Gasteiger partial charge >= 0.3 is 0 Å². The number of aromatic hydroxyl groups is 2. The lowest BCUT2D eigenvalue weighted by Crippen LogP contribution is -1.94. The lowest BCUT2D eigenvalue weighted by atomic mass is 10.1. The fourth-order valence-electron chi connectivity index (χ4n) is 1.53. The van der Waals surface area contributed by atoms with Gasteiger partial charge in [-0.1, -0.05) is 12.1 Å². The van der Waals surface area contributed by atoms with Gasteiger partial charge in [0.05, 0.1) is 5.56 Å². The minimum atomic E-state index is -0.274. The fraction of sp³-hybridized carbons (Fsp3) is 0.0714. The first-order valence-electron chi connectivity index (χ1n) is 5.42. The topological polar surface area (TPSA) is 57.5 Å². The lowest BCUT2D eigenvalue weighted by Gasteiger charge is -2.00. The molecular formula is C14H12O3S. The molecule has 0 amide bonds. The zero-order valence-electron chi connectivity index (χ0n) is 9.54. The van der Waals surface area contributed by atoms with Gasteiger partial charge in [0, 0.05) is 17.4 Å². The maximum absolute atomic E-state index is 11.8. The molecule has 0 radical (unpaired) electrons. The molecule has 0 bridgehead atoms. The number of thiophene rings is 1. The van der Waals surface area contributed by atoms with Crippen molar-refractivity contribution in [2.45, 2.75) is 6.42 Å². The first kappa shape index (κ1) is 12.4. The van der Waals surface area contributed by atoms with Crippen LogP contribution >= 0.6 is 11.3 Å². The highest BCUT2D eigenvalue weighted by Crippen LogP contribution is 2.23. The number of carbonyl (C=O) groups excluding carboxylic acids is 1. The summed E-state index contributed by atoms with van der Waals surface area (Å²) in [6.07, 6.45) is 3.90. The smallest absolute Gasteiger partial charge is 0.189 e. The minimum Gasteiger partial charge on any atom is -0.508 e. The van der Waals surface area contributed by atoms with Crippen LogP contribution < -0.4 is 0 Å². The molecule has 0 aliphatic carbocycles. The summed E-state index contributed by atoms with van der Waals surface area (Å²) in [4.78, 5) is 13.0. The lowest BCUT2D eigenvalue weighted by molar-refractivity contribution is 0.104. The van der Waals surface area contributed by atoms with E-state index in [0.29, 0.717) is 6.42 Å². The van der Waals surface area contributed by atoms with Crippen molar-refractivity contribution in [3.63, 3.8) is 0 Å². The van der Waals surface area contributed by atoms with Crippen molar-refractivity contribution in [3.8, 4) is 11.5 Å². The number of benzene rings is 1. The summed E-state index contributed by atoms with van der Waals surface area (Å²) < 4.78 is 0. The second-order valence-corrected chi connectivity index (χ2v) is 4.78. The van der Waals surface area contributed by atoms with Crippen LogP contribution in [0.25, 0.3) is 0 Å². The number of ketones is 1. The number of carbonyl (C=O) groups is 1. The van der Waals surface area contributed by atoms with E-state index >= 15 is 0 Å². The van der Waals surface area contributed by atoms with Gasteiger partial charge in [-0.25, -0.2) is 0 Å². The SMILES string of the molecule is O=C(/C=C/Cc1cccs1)c1ccc(O)cc1O. The average Bonchev–Trinajstić information content (AvgIpc) is 2.81. The summed E-state index contributed by atoms with van der Waals surface area (Å²) in [5, 5.41) is 20.6. The molecule has 2 aromatic rings. The van der Waals surface area contributed by atoms with Crippen LogP contribution in [0, 0.1) is 0 Å². The number of rotatable bonds is 4. The Labute approximate surface area is 109 Å². The van der Waals surface area contributed by atoms with Gasteiger partial charge in [0.2, 0.25) is 0 Å². The molecular weight excluding hydrogens is 248 g/mol. The van der Waals surface area contributed by atoms with Crippen molar-refractivity contribution in [1.82, 2.24) is 0 Å². The monoisotopic (exact) mass is 260 g/mol. The van der Waals surface area contributed by atoms with Gasteiger partial charge in [-0.3, -0.25) is 4.79 Å². The Morgan fingerprint density at radius 1 is 1.28 bits per heavy atom. The number of phenols is 2. The van der Waals surface area contributed by atoms with Gasteiger partial charge in [-0.15, -0.1) is 11.3 Å². The summed E-state index contributed by atoms with van der Waals surface area (Å²) in [7, 11) is 0. The number of phenolic OH excluding ortho intramolecular Hbond substituents is 2. The quantitative estimate of drug-likeness (QED) is 0.656. The maximum atomic E-state index is 11.8. The number of hydrogen-bond acceptors (Lipinski definition) is 4. The molecule has 0 atom stereocenters. The Kier molecular flexibility index (Phi) is 3.79. The molecule has 2 rings (SSSR count). The molecule has 1 aromatic heterocycles. The molecule has 0 saturated heterocycles. The van der Waals surface area contributed by atoms with Gasteiger partial charge in [0.1, 0.15) is 11.5 Å². The van der Waals surface area contributed by atoms with Crippen LogP contribution in [0.15, 0.2) is 47.9 Å². The largest absolute Gasteiger partial charge is 0.508 e. The van der Waals surface area contributed by atoms with Gasteiger partial charge in [-0.2, -0.15) is 0 Å².